The van der Waals surface area contributed by atoms with Gasteiger partial charge in [-0.25, -0.2) is 4.98 Å². The molecule has 1 aromatic carbocycles. The highest BCUT2D eigenvalue weighted by molar-refractivity contribution is 7.09. The van der Waals surface area contributed by atoms with Gasteiger partial charge in [-0.3, -0.25) is 9.78 Å². The van der Waals surface area contributed by atoms with E-state index in [1.54, 1.807) is 23.7 Å². The van der Waals surface area contributed by atoms with Crippen LogP contribution in [0.1, 0.15) is 37.8 Å². The largest absolute Gasteiger partial charge is 0.326 e. The first-order valence-corrected chi connectivity index (χ1v) is 9.55. The number of anilines is 1. The Morgan fingerprint density at radius 2 is 1.92 bits per heavy atom. The minimum atomic E-state index is 0.00614. The van der Waals surface area contributed by atoms with Gasteiger partial charge in [-0.05, 0) is 35.2 Å². The summed E-state index contributed by atoms with van der Waals surface area (Å²) in [6.45, 7) is 6.52. The highest BCUT2D eigenvalue weighted by Crippen LogP contribution is 2.24. The van der Waals surface area contributed by atoms with Crippen molar-refractivity contribution in [3.05, 3.63) is 64.7 Å². The molecule has 26 heavy (non-hydrogen) atoms. The summed E-state index contributed by atoms with van der Waals surface area (Å²) < 4.78 is 0. The van der Waals surface area contributed by atoms with Gasteiger partial charge in [0, 0.05) is 41.9 Å². The normalized spacial score (nSPS) is 11.3. The molecule has 0 saturated carbocycles. The number of nitrogens with one attached hydrogen (secondary N) is 1. The minimum absolute atomic E-state index is 0.00614. The lowest BCUT2D eigenvalue weighted by atomic mass is 9.87. The van der Waals surface area contributed by atoms with Crippen LogP contribution < -0.4 is 5.32 Å². The topological polar surface area (TPSA) is 54.9 Å². The number of nitrogens with zero attached hydrogens (tertiary/aromatic N) is 2. The number of amides is 1. The van der Waals surface area contributed by atoms with E-state index in [2.05, 4.69) is 48.2 Å². The van der Waals surface area contributed by atoms with Gasteiger partial charge in [0.15, 0.2) is 0 Å². The van der Waals surface area contributed by atoms with E-state index in [1.807, 2.05) is 29.6 Å². The quantitative estimate of drug-likeness (QED) is 0.686. The van der Waals surface area contributed by atoms with Crippen LogP contribution in [0.15, 0.2) is 54.2 Å². The molecule has 134 valence electrons. The van der Waals surface area contributed by atoms with Crippen molar-refractivity contribution >= 4 is 22.9 Å². The fraction of sp³-hybridized carbons (Fsp3) is 0.286. The van der Waals surface area contributed by atoms with Gasteiger partial charge in [0.25, 0.3) is 0 Å². The number of pyridine rings is 1. The number of benzene rings is 1. The molecular weight excluding hydrogens is 342 g/mol. The Bertz CT molecular complexity index is 864. The lowest BCUT2D eigenvalue weighted by molar-refractivity contribution is -0.116. The second kappa shape index (κ2) is 7.79. The molecule has 3 rings (SSSR count). The predicted molar refractivity (Wildman–Crippen MR) is 107 cm³/mol. The monoisotopic (exact) mass is 365 g/mol. The Balaban J connectivity index is 1.54. The van der Waals surface area contributed by atoms with Crippen molar-refractivity contribution in [2.24, 2.45) is 0 Å². The van der Waals surface area contributed by atoms with Gasteiger partial charge in [0.2, 0.25) is 5.91 Å². The Labute approximate surface area is 158 Å². The van der Waals surface area contributed by atoms with Crippen molar-refractivity contribution in [2.75, 3.05) is 5.32 Å². The number of rotatable bonds is 5. The van der Waals surface area contributed by atoms with Gasteiger partial charge in [0.1, 0.15) is 0 Å². The van der Waals surface area contributed by atoms with Gasteiger partial charge in [0.05, 0.1) is 10.7 Å². The van der Waals surface area contributed by atoms with Crippen LogP contribution in [0.5, 0.6) is 0 Å². The third-order valence-electron chi connectivity index (χ3n) is 4.11. The van der Waals surface area contributed by atoms with Crippen LogP contribution in [0, 0.1) is 0 Å². The maximum atomic E-state index is 12.2. The van der Waals surface area contributed by atoms with E-state index in [0.29, 0.717) is 12.8 Å². The Morgan fingerprint density at radius 1 is 1.15 bits per heavy atom. The SMILES string of the molecule is CC(C)(C)c1ccc(NC(=O)CCc2nc(-c3cccnc3)cs2)cc1. The summed E-state index contributed by atoms with van der Waals surface area (Å²) in [5.41, 5.74) is 4.10. The molecule has 0 bridgehead atoms. The fourth-order valence-electron chi connectivity index (χ4n) is 2.57. The highest BCUT2D eigenvalue weighted by atomic mass is 32.1. The van der Waals surface area contributed by atoms with Crippen LogP contribution in [0.25, 0.3) is 11.3 Å². The second-order valence-corrected chi connectivity index (χ2v) is 8.19. The number of carbonyl (C=O) groups excluding carboxylic acids is 1. The zero-order valence-electron chi connectivity index (χ0n) is 15.3. The minimum Gasteiger partial charge on any atom is -0.326 e. The molecule has 0 fully saturated rings. The molecule has 0 unspecified atom stereocenters. The van der Waals surface area contributed by atoms with Crippen LogP contribution in [0.4, 0.5) is 5.69 Å². The van der Waals surface area contributed by atoms with Gasteiger partial charge in [-0.1, -0.05) is 32.9 Å². The average Bonchev–Trinajstić information content (AvgIpc) is 3.09. The molecular formula is C21H23N3OS. The molecule has 0 radical (unpaired) electrons. The Morgan fingerprint density at radius 3 is 2.58 bits per heavy atom. The summed E-state index contributed by atoms with van der Waals surface area (Å²) in [5.74, 6) is 0.00614. The predicted octanol–water partition coefficient (Wildman–Crippen LogP) is 5.07. The summed E-state index contributed by atoms with van der Waals surface area (Å²) in [5, 5.41) is 5.93. The van der Waals surface area contributed by atoms with Gasteiger partial charge in [-0.2, -0.15) is 0 Å². The van der Waals surface area contributed by atoms with Gasteiger partial charge < -0.3 is 5.32 Å². The maximum Gasteiger partial charge on any atom is 0.224 e. The zero-order valence-corrected chi connectivity index (χ0v) is 16.1. The van der Waals surface area contributed by atoms with Crippen LogP contribution in [-0.2, 0) is 16.6 Å². The number of carbonyl (C=O) groups is 1. The molecule has 0 saturated heterocycles. The Hall–Kier alpha value is -2.53. The summed E-state index contributed by atoms with van der Waals surface area (Å²) in [4.78, 5) is 20.9. The molecule has 5 heteroatoms. The summed E-state index contributed by atoms with van der Waals surface area (Å²) in [7, 11) is 0. The van der Waals surface area contributed by atoms with Crippen LogP contribution in [0.3, 0.4) is 0 Å². The summed E-state index contributed by atoms with van der Waals surface area (Å²) in [6, 6.07) is 11.9. The number of aromatic nitrogens is 2. The molecule has 0 spiro atoms. The van der Waals surface area contributed by atoms with E-state index in [1.165, 1.54) is 5.56 Å². The number of thiazole rings is 1. The zero-order chi connectivity index (χ0) is 18.6. The third-order valence-corrected chi connectivity index (χ3v) is 5.02. The van der Waals surface area contributed by atoms with E-state index < -0.39 is 0 Å². The molecule has 1 amide bonds. The molecule has 0 atom stereocenters. The molecule has 0 aliphatic carbocycles. The number of hydrogen-bond donors (Lipinski definition) is 1. The molecule has 0 aliphatic rings. The van der Waals surface area contributed by atoms with E-state index in [-0.39, 0.29) is 11.3 Å². The Kier molecular flexibility index (Phi) is 5.47. The van der Waals surface area contributed by atoms with Crippen molar-refractivity contribution < 1.29 is 4.79 Å². The van der Waals surface area contributed by atoms with Crippen molar-refractivity contribution in [1.82, 2.24) is 9.97 Å². The fourth-order valence-corrected chi connectivity index (χ4v) is 3.38. The summed E-state index contributed by atoms with van der Waals surface area (Å²) in [6.07, 6.45) is 4.60. The molecule has 1 N–H and O–H groups in total. The average molecular weight is 366 g/mol. The molecule has 3 aromatic rings. The maximum absolute atomic E-state index is 12.2. The second-order valence-electron chi connectivity index (χ2n) is 7.24. The van der Waals surface area contributed by atoms with Gasteiger partial charge in [-0.15, -0.1) is 11.3 Å². The lowest BCUT2D eigenvalue weighted by Crippen LogP contribution is -2.13. The van der Waals surface area contributed by atoms with Crippen LogP contribution in [0.2, 0.25) is 0 Å². The van der Waals surface area contributed by atoms with Gasteiger partial charge >= 0.3 is 0 Å². The lowest BCUT2D eigenvalue weighted by Gasteiger charge is -2.19. The van der Waals surface area contributed by atoms with E-state index >= 15 is 0 Å². The molecule has 0 aliphatic heterocycles. The first-order chi connectivity index (χ1) is 12.4. The van der Waals surface area contributed by atoms with Crippen molar-refractivity contribution in [1.29, 1.82) is 0 Å². The molecule has 2 heterocycles. The van der Waals surface area contributed by atoms with Crippen molar-refractivity contribution in [2.45, 2.75) is 39.0 Å². The standard InChI is InChI=1S/C21H23N3OS/c1-21(2,3)16-6-8-17(9-7-16)23-19(25)10-11-20-24-18(14-26-20)15-5-4-12-22-13-15/h4-9,12-14H,10-11H2,1-3H3,(H,23,25). The van der Waals surface area contributed by atoms with E-state index in [4.69, 9.17) is 0 Å². The third kappa shape index (κ3) is 4.76. The van der Waals surface area contributed by atoms with Crippen LogP contribution in [-0.4, -0.2) is 15.9 Å². The van der Waals surface area contributed by atoms with Crippen LogP contribution >= 0.6 is 11.3 Å². The van der Waals surface area contributed by atoms with Crippen molar-refractivity contribution in [3.63, 3.8) is 0 Å². The van der Waals surface area contributed by atoms with E-state index in [9.17, 15) is 4.79 Å². The highest BCUT2D eigenvalue weighted by Gasteiger charge is 2.13. The number of aryl methyl sites for hydroxylation is 1. The summed E-state index contributed by atoms with van der Waals surface area (Å²) >= 11 is 1.58. The smallest absolute Gasteiger partial charge is 0.224 e. The van der Waals surface area contributed by atoms with Crippen molar-refractivity contribution in [3.8, 4) is 11.3 Å². The number of hydrogen-bond acceptors (Lipinski definition) is 4. The molecule has 2 aromatic heterocycles. The molecule has 4 nitrogen and oxygen atoms in total. The first-order valence-electron chi connectivity index (χ1n) is 8.67. The first kappa shape index (κ1) is 18.3. The van der Waals surface area contributed by atoms with E-state index in [0.717, 1.165) is 22.0 Å².